The number of hydrogen-bond acceptors (Lipinski definition) is 3. The third-order valence-corrected chi connectivity index (χ3v) is 2.35. The Morgan fingerprint density at radius 3 is 2.89 bits per heavy atom. The van der Waals surface area contributed by atoms with Crippen molar-refractivity contribution in [2.45, 2.75) is 26.7 Å². The van der Waals surface area contributed by atoms with Crippen molar-refractivity contribution in [2.75, 3.05) is 11.9 Å². The Balaban J connectivity index is 2.53. The molecule has 1 amide bonds. The van der Waals surface area contributed by atoms with Crippen LogP contribution in [0.2, 0.25) is 0 Å². The molecule has 4 nitrogen and oxygen atoms in total. The van der Waals surface area contributed by atoms with Gasteiger partial charge in [0.05, 0.1) is 6.61 Å². The summed E-state index contributed by atoms with van der Waals surface area (Å²) >= 11 is 4.98. The van der Waals surface area contributed by atoms with Crippen molar-refractivity contribution in [1.82, 2.24) is 5.32 Å². The number of unbranched alkanes of at least 4 members (excludes halogenated alkanes) is 1. The lowest BCUT2D eigenvalue weighted by Gasteiger charge is -2.10. The normalized spacial score (nSPS) is 9.67. The number of rotatable bonds is 5. The summed E-state index contributed by atoms with van der Waals surface area (Å²) in [5.41, 5.74) is 0.794. The molecule has 0 aliphatic rings. The van der Waals surface area contributed by atoms with E-state index < -0.39 is 0 Å². The topological polar surface area (TPSA) is 50.4 Å². The van der Waals surface area contributed by atoms with Crippen LogP contribution in [0.5, 0.6) is 5.75 Å². The van der Waals surface area contributed by atoms with Crippen LogP contribution in [0.25, 0.3) is 0 Å². The number of carbonyl (C=O) groups excluding carboxylic acids is 1. The molecule has 0 aliphatic carbocycles. The summed E-state index contributed by atoms with van der Waals surface area (Å²) in [6, 6.07) is 7.48. The van der Waals surface area contributed by atoms with Crippen molar-refractivity contribution in [3.05, 3.63) is 24.3 Å². The molecule has 0 aromatic heterocycles. The molecule has 0 spiro atoms. The third-order valence-electron chi connectivity index (χ3n) is 2.15. The SMILES string of the molecule is CCCCOc1cccc(NC(=S)NC(C)=O)c1. The van der Waals surface area contributed by atoms with Gasteiger partial charge in [0.2, 0.25) is 5.91 Å². The van der Waals surface area contributed by atoms with Gasteiger partial charge in [-0.15, -0.1) is 0 Å². The first kappa shape index (κ1) is 14.4. The molecule has 0 heterocycles. The zero-order valence-electron chi connectivity index (χ0n) is 10.7. The fourth-order valence-corrected chi connectivity index (χ4v) is 1.58. The lowest BCUT2D eigenvalue weighted by Crippen LogP contribution is -2.32. The number of thiocarbonyl (C=S) groups is 1. The largest absolute Gasteiger partial charge is 0.494 e. The van der Waals surface area contributed by atoms with E-state index >= 15 is 0 Å². The predicted octanol–water partition coefficient (Wildman–Crippen LogP) is 2.70. The van der Waals surface area contributed by atoms with Gasteiger partial charge in [-0.25, -0.2) is 0 Å². The molecule has 5 heteroatoms. The van der Waals surface area contributed by atoms with Crippen molar-refractivity contribution >= 4 is 28.9 Å². The highest BCUT2D eigenvalue weighted by molar-refractivity contribution is 7.80. The smallest absolute Gasteiger partial charge is 0.222 e. The number of carbonyl (C=O) groups is 1. The fraction of sp³-hybridized carbons (Fsp3) is 0.385. The molecule has 0 radical (unpaired) electrons. The van der Waals surface area contributed by atoms with Gasteiger partial charge in [-0.1, -0.05) is 19.4 Å². The summed E-state index contributed by atoms with van der Waals surface area (Å²) in [5.74, 6) is 0.599. The standard InChI is InChI=1S/C13H18N2O2S/c1-3-4-8-17-12-7-5-6-11(9-12)15-13(18)14-10(2)16/h5-7,9H,3-4,8H2,1-2H3,(H2,14,15,16,18). The van der Waals surface area contributed by atoms with Crippen LogP contribution < -0.4 is 15.4 Å². The average molecular weight is 266 g/mol. The molecule has 0 bridgehead atoms. The van der Waals surface area contributed by atoms with Gasteiger partial charge in [-0.2, -0.15) is 0 Å². The summed E-state index contributed by atoms with van der Waals surface area (Å²) in [7, 11) is 0. The van der Waals surface area contributed by atoms with Gasteiger partial charge in [-0.3, -0.25) is 4.79 Å². The van der Waals surface area contributed by atoms with Gasteiger partial charge in [0.25, 0.3) is 0 Å². The van der Waals surface area contributed by atoms with Crippen LogP contribution in [0, 0.1) is 0 Å². The molecule has 1 aromatic rings. The van der Waals surface area contributed by atoms with Crippen molar-refractivity contribution in [2.24, 2.45) is 0 Å². The highest BCUT2D eigenvalue weighted by Gasteiger charge is 2.01. The van der Waals surface area contributed by atoms with E-state index in [1.54, 1.807) is 0 Å². The predicted molar refractivity (Wildman–Crippen MR) is 76.9 cm³/mol. The number of ether oxygens (including phenoxy) is 1. The second kappa shape index (κ2) is 7.66. The molecule has 1 rings (SSSR count). The van der Waals surface area contributed by atoms with E-state index in [0.717, 1.165) is 24.3 Å². The van der Waals surface area contributed by atoms with Gasteiger partial charge in [0, 0.05) is 18.7 Å². The summed E-state index contributed by atoms with van der Waals surface area (Å²) in [6.07, 6.45) is 2.13. The Morgan fingerprint density at radius 1 is 1.44 bits per heavy atom. The van der Waals surface area contributed by atoms with Crippen LogP contribution in [0.1, 0.15) is 26.7 Å². The molecule has 0 aliphatic heterocycles. The number of hydrogen-bond donors (Lipinski definition) is 2. The number of anilines is 1. The van der Waals surface area contributed by atoms with Crippen LogP contribution >= 0.6 is 12.2 Å². The molecule has 0 unspecified atom stereocenters. The van der Waals surface area contributed by atoms with E-state index in [2.05, 4.69) is 17.6 Å². The monoisotopic (exact) mass is 266 g/mol. The van der Waals surface area contributed by atoms with E-state index in [1.807, 2.05) is 24.3 Å². The summed E-state index contributed by atoms with van der Waals surface area (Å²) in [6.45, 7) is 4.24. The number of benzene rings is 1. The molecule has 0 atom stereocenters. The van der Waals surface area contributed by atoms with Gasteiger partial charge in [0.15, 0.2) is 5.11 Å². The third kappa shape index (κ3) is 5.63. The number of nitrogens with one attached hydrogen (secondary N) is 2. The average Bonchev–Trinajstić information content (AvgIpc) is 2.28. The Morgan fingerprint density at radius 2 is 2.22 bits per heavy atom. The molecule has 98 valence electrons. The van der Waals surface area contributed by atoms with Crippen LogP contribution in [-0.2, 0) is 4.79 Å². The molecule has 18 heavy (non-hydrogen) atoms. The Labute approximate surface area is 113 Å². The molecular formula is C13H18N2O2S. The maximum atomic E-state index is 10.8. The molecule has 1 aromatic carbocycles. The first-order valence-corrected chi connectivity index (χ1v) is 6.34. The highest BCUT2D eigenvalue weighted by atomic mass is 32.1. The maximum absolute atomic E-state index is 10.8. The van der Waals surface area contributed by atoms with Gasteiger partial charge >= 0.3 is 0 Å². The minimum atomic E-state index is -0.192. The molecule has 0 fully saturated rings. The van der Waals surface area contributed by atoms with E-state index in [1.165, 1.54) is 6.92 Å². The highest BCUT2D eigenvalue weighted by Crippen LogP contribution is 2.17. The second-order valence-corrected chi connectivity index (χ2v) is 4.27. The fourth-order valence-electron chi connectivity index (χ4n) is 1.32. The molecule has 0 saturated carbocycles. The van der Waals surface area contributed by atoms with Crippen LogP contribution in [0.3, 0.4) is 0 Å². The zero-order valence-corrected chi connectivity index (χ0v) is 11.5. The van der Waals surface area contributed by atoms with Gasteiger partial charge in [-0.05, 0) is 30.8 Å². The first-order valence-electron chi connectivity index (χ1n) is 5.93. The minimum Gasteiger partial charge on any atom is -0.494 e. The number of amides is 1. The lowest BCUT2D eigenvalue weighted by atomic mass is 10.3. The molecule has 0 saturated heterocycles. The summed E-state index contributed by atoms with van der Waals surface area (Å²) < 4.78 is 5.58. The zero-order chi connectivity index (χ0) is 13.4. The van der Waals surface area contributed by atoms with Crippen molar-refractivity contribution in [3.8, 4) is 5.75 Å². The Hall–Kier alpha value is -1.62. The summed E-state index contributed by atoms with van der Waals surface area (Å²) in [5, 5.41) is 5.71. The quantitative estimate of drug-likeness (QED) is 0.635. The van der Waals surface area contributed by atoms with Crippen molar-refractivity contribution < 1.29 is 9.53 Å². The molecular weight excluding hydrogens is 248 g/mol. The van der Waals surface area contributed by atoms with E-state index in [4.69, 9.17) is 17.0 Å². The van der Waals surface area contributed by atoms with Crippen molar-refractivity contribution in [3.63, 3.8) is 0 Å². The Kier molecular flexibility index (Phi) is 6.14. The maximum Gasteiger partial charge on any atom is 0.222 e. The second-order valence-electron chi connectivity index (χ2n) is 3.87. The van der Waals surface area contributed by atoms with E-state index in [9.17, 15) is 4.79 Å². The van der Waals surface area contributed by atoms with Crippen LogP contribution in [0.15, 0.2) is 24.3 Å². The van der Waals surface area contributed by atoms with Crippen molar-refractivity contribution in [1.29, 1.82) is 0 Å². The van der Waals surface area contributed by atoms with Gasteiger partial charge < -0.3 is 15.4 Å². The van der Waals surface area contributed by atoms with E-state index in [0.29, 0.717) is 6.61 Å². The van der Waals surface area contributed by atoms with E-state index in [-0.39, 0.29) is 11.0 Å². The Bertz CT molecular complexity index is 421. The molecule has 2 N–H and O–H groups in total. The first-order chi connectivity index (χ1) is 8.61. The lowest BCUT2D eigenvalue weighted by molar-refractivity contribution is -0.117. The summed E-state index contributed by atoms with van der Waals surface area (Å²) in [4.78, 5) is 10.8. The minimum absolute atomic E-state index is 0.192. The van der Waals surface area contributed by atoms with Crippen LogP contribution in [0.4, 0.5) is 5.69 Å². The van der Waals surface area contributed by atoms with Crippen LogP contribution in [-0.4, -0.2) is 17.6 Å². The van der Waals surface area contributed by atoms with Gasteiger partial charge in [0.1, 0.15) is 5.75 Å².